The molecule has 0 aromatic heterocycles. The molecule has 1 aliphatic heterocycles. The smallest absolute Gasteiger partial charge is 0.0234 e. The molecule has 3 heteroatoms. The predicted molar refractivity (Wildman–Crippen MR) is 73.5 cm³/mol. The third kappa shape index (κ3) is 3.47. The summed E-state index contributed by atoms with van der Waals surface area (Å²) in [6.45, 7) is 5.73. The van der Waals surface area contributed by atoms with E-state index in [4.69, 9.17) is 0 Å². The molecule has 0 atom stereocenters. The first-order valence-corrected chi connectivity index (χ1v) is 7.47. The molecular weight excluding hydrogens is 228 g/mol. The van der Waals surface area contributed by atoms with Crippen LogP contribution in [-0.2, 0) is 6.54 Å². The van der Waals surface area contributed by atoms with Crippen molar-refractivity contribution in [2.75, 3.05) is 26.2 Å². The molecule has 1 aromatic carbocycles. The van der Waals surface area contributed by atoms with Gasteiger partial charge in [0.05, 0.1) is 0 Å². The van der Waals surface area contributed by atoms with Gasteiger partial charge in [-0.1, -0.05) is 12.1 Å². The molecule has 0 amide bonds. The Bertz CT molecular complexity index is 353. The fourth-order valence-electron chi connectivity index (χ4n) is 2.18. The summed E-state index contributed by atoms with van der Waals surface area (Å²) in [6.07, 6.45) is 2.82. The molecule has 0 unspecified atom stereocenters. The van der Waals surface area contributed by atoms with E-state index in [9.17, 15) is 0 Å². The fourth-order valence-corrected chi connectivity index (χ4v) is 3.23. The minimum Gasteiger partial charge on any atom is -0.314 e. The van der Waals surface area contributed by atoms with Gasteiger partial charge in [0, 0.05) is 42.9 Å². The summed E-state index contributed by atoms with van der Waals surface area (Å²) in [6, 6.07) is 9.18. The molecule has 2 fully saturated rings. The summed E-state index contributed by atoms with van der Waals surface area (Å²) in [4.78, 5) is 3.97. The minimum absolute atomic E-state index is 0.911. The molecule has 17 heavy (non-hydrogen) atoms. The van der Waals surface area contributed by atoms with Crippen LogP contribution in [0.2, 0.25) is 0 Å². The zero-order valence-electron chi connectivity index (χ0n) is 10.2. The molecule has 0 spiro atoms. The molecule has 2 nitrogen and oxygen atoms in total. The first kappa shape index (κ1) is 11.6. The van der Waals surface area contributed by atoms with Gasteiger partial charge >= 0.3 is 0 Å². The quantitative estimate of drug-likeness (QED) is 0.880. The predicted octanol–water partition coefficient (Wildman–Crippen LogP) is 2.35. The first-order chi connectivity index (χ1) is 8.40. The average molecular weight is 248 g/mol. The maximum atomic E-state index is 3.39. The Morgan fingerprint density at radius 3 is 2.47 bits per heavy atom. The number of benzene rings is 1. The van der Waals surface area contributed by atoms with Crippen LogP contribution in [0.5, 0.6) is 0 Å². The Kier molecular flexibility index (Phi) is 3.69. The Morgan fingerprint density at radius 2 is 1.82 bits per heavy atom. The lowest BCUT2D eigenvalue weighted by Crippen LogP contribution is -2.42. The molecule has 1 aromatic rings. The first-order valence-electron chi connectivity index (χ1n) is 6.59. The normalized spacial score (nSPS) is 21.6. The molecule has 1 heterocycles. The Hall–Kier alpha value is -0.510. The monoisotopic (exact) mass is 248 g/mol. The van der Waals surface area contributed by atoms with Gasteiger partial charge < -0.3 is 5.32 Å². The molecule has 92 valence electrons. The highest BCUT2D eigenvalue weighted by atomic mass is 32.2. The van der Waals surface area contributed by atoms with Crippen LogP contribution < -0.4 is 5.32 Å². The zero-order valence-corrected chi connectivity index (χ0v) is 11.0. The Balaban J connectivity index is 1.55. The number of rotatable bonds is 4. The molecule has 0 radical (unpaired) electrons. The van der Waals surface area contributed by atoms with Crippen molar-refractivity contribution in [1.82, 2.24) is 10.2 Å². The zero-order chi connectivity index (χ0) is 11.5. The van der Waals surface area contributed by atoms with E-state index in [0.717, 1.165) is 24.9 Å². The summed E-state index contributed by atoms with van der Waals surface area (Å²) < 4.78 is 0. The lowest BCUT2D eigenvalue weighted by Gasteiger charge is -2.27. The highest BCUT2D eigenvalue weighted by Gasteiger charge is 2.22. The molecule has 1 saturated carbocycles. The number of nitrogens with zero attached hydrogens (tertiary/aromatic N) is 1. The number of hydrogen-bond acceptors (Lipinski definition) is 3. The van der Waals surface area contributed by atoms with Crippen molar-refractivity contribution in [3.8, 4) is 0 Å². The standard InChI is InChI=1S/C14H20N2S/c1-3-13(17-14-5-6-14)4-2-12(1)11-16-9-7-15-8-10-16/h1-4,14-15H,5-11H2. The maximum absolute atomic E-state index is 3.39. The molecule has 2 aliphatic rings. The van der Waals surface area contributed by atoms with E-state index < -0.39 is 0 Å². The van der Waals surface area contributed by atoms with E-state index >= 15 is 0 Å². The van der Waals surface area contributed by atoms with Gasteiger partial charge in [-0.3, -0.25) is 4.90 Å². The van der Waals surface area contributed by atoms with E-state index in [1.165, 1.54) is 36.4 Å². The fraction of sp³-hybridized carbons (Fsp3) is 0.571. The lowest BCUT2D eigenvalue weighted by molar-refractivity contribution is 0.233. The summed E-state index contributed by atoms with van der Waals surface area (Å²) in [5.74, 6) is 0. The SMILES string of the molecule is c1cc(SC2CC2)ccc1CN1CCNCC1. The van der Waals surface area contributed by atoms with Crippen LogP contribution in [0.15, 0.2) is 29.2 Å². The van der Waals surface area contributed by atoms with E-state index in [1.54, 1.807) is 0 Å². The van der Waals surface area contributed by atoms with E-state index in [-0.39, 0.29) is 0 Å². The van der Waals surface area contributed by atoms with E-state index in [1.807, 2.05) is 11.8 Å². The van der Waals surface area contributed by atoms with Crippen molar-refractivity contribution in [2.45, 2.75) is 29.5 Å². The topological polar surface area (TPSA) is 15.3 Å². The second kappa shape index (κ2) is 5.42. The van der Waals surface area contributed by atoms with Gasteiger partial charge in [-0.05, 0) is 30.5 Å². The molecule has 1 N–H and O–H groups in total. The van der Waals surface area contributed by atoms with Crippen LogP contribution in [0.3, 0.4) is 0 Å². The molecule has 1 aliphatic carbocycles. The third-order valence-corrected chi connectivity index (χ3v) is 4.72. The van der Waals surface area contributed by atoms with E-state index in [0.29, 0.717) is 0 Å². The number of nitrogens with one attached hydrogen (secondary N) is 1. The molecular formula is C14H20N2S. The number of piperazine rings is 1. The van der Waals surface area contributed by atoms with Gasteiger partial charge in [-0.25, -0.2) is 0 Å². The third-order valence-electron chi connectivity index (χ3n) is 3.37. The van der Waals surface area contributed by atoms with Crippen LogP contribution in [-0.4, -0.2) is 36.3 Å². The van der Waals surface area contributed by atoms with Gasteiger partial charge in [0.2, 0.25) is 0 Å². The van der Waals surface area contributed by atoms with Crippen LogP contribution >= 0.6 is 11.8 Å². The van der Waals surface area contributed by atoms with Crippen LogP contribution in [0, 0.1) is 0 Å². The second-order valence-corrected chi connectivity index (χ2v) is 6.36. The Morgan fingerprint density at radius 1 is 1.12 bits per heavy atom. The van der Waals surface area contributed by atoms with E-state index in [2.05, 4.69) is 34.5 Å². The lowest BCUT2D eigenvalue weighted by atomic mass is 10.2. The average Bonchev–Trinajstić information content (AvgIpc) is 3.17. The maximum Gasteiger partial charge on any atom is 0.0234 e. The summed E-state index contributed by atoms with van der Waals surface area (Å²) in [5, 5.41) is 4.30. The molecule has 0 bridgehead atoms. The van der Waals surface area contributed by atoms with Gasteiger partial charge in [0.15, 0.2) is 0 Å². The largest absolute Gasteiger partial charge is 0.314 e. The van der Waals surface area contributed by atoms with Gasteiger partial charge in [-0.15, -0.1) is 11.8 Å². The summed E-state index contributed by atoms with van der Waals surface area (Å²) >= 11 is 2.04. The van der Waals surface area contributed by atoms with Gasteiger partial charge in [0.1, 0.15) is 0 Å². The van der Waals surface area contributed by atoms with Crippen molar-refractivity contribution in [3.05, 3.63) is 29.8 Å². The van der Waals surface area contributed by atoms with Gasteiger partial charge in [-0.2, -0.15) is 0 Å². The van der Waals surface area contributed by atoms with Crippen molar-refractivity contribution in [3.63, 3.8) is 0 Å². The van der Waals surface area contributed by atoms with Crippen molar-refractivity contribution in [2.24, 2.45) is 0 Å². The number of thioether (sulfide) groups is 1. The molecule has 3 rings (SSSR count). The van der Waals surface area contributed by atoms with Crippen LogP contribution in [0.25, 0.3) is 0 Å². The second-order valence-electron chi connectivity index (χ2n) is 4.99. The van der Waals surface area contributed by atoms with Gasteiger partial charge in [0.25, 0.3) is 0 Å². The highest BCUT2D eigenvalue weighted by Crippen LogP contribution is 2.38. The van der Waals surface area contributed by atoms with Crippen molar-refractivity contribution in [1.29, 1.82) is 0 Å². The van der Waals surface area contributed by atoms with Crippen LogP contribution in [0.1, 0.15) is 18.4 Å². The van der Waals surface area contributed by atoms with Crippen molar-refractivity contribution < 1.29 is 0 Å². The van der Waals surface area contributed by atoms with Crippen molar-refractivity contribution >= 4 is 11.8 Å². The highest BCUT2D eigenvalue weighted by molar-refractivity contribution is 8.00. The summed E-state index contributed by atoms with van der Waals surface area (Å²) in [7, 11) is 0. The van der Waals surface area contributed by atoms with Crippen LogP contribution in [0.4, 0.5) is 0 Å². The summed E-state index contributed by atoms with van der Waals surface area (Å²) in [5.41, 5.74) is 1.45. The minimum atomic E-state index is 0.911. The Labute approximate surface area is 108 Å². The number of hydrogen-bond donors (Lipinski definition) is 1. The molecule has 1 saturated heterocycles.